The van der Waals surface area contributed by atoms with Gasteiger partial charge in [-0.15, -0.1) is 0 Å². The predicted octanol–water partition coefficient (Wildman–Crippen LogP) is 2.04. The Morgan fingerprint density at radius 3 is 2.42 bits per heavy atom. The van der Waals surface area contributed by atoms with Crippen molar-refractivity contribution < 1.29 is 27.6 Å². The van der Waals surface area contributed by atoms with Gasteiger partial charge in [-0.2, -0.15) is 13.2 Å². The number of imide groups is 1. The van der Waals surface area contributed by atoms with E-state index >= 15 is 0 Å². The van der Waals surface area contributed by atoms with E-state index in [0.717, 1.165) is 29.9 Å². The van der Waals surface area contributed by atoms with Gasteiger partial charge in [0.05, 0.1) is 5.56 Å². The molecule has 9 heteroatoms. The summed E-state index contributed by atoms with van der Waals surface area (Å²) in [7, 11) is 0. The molecule has 2 N–H and O–H groups in total. The zero-order valence-electron chi connectivity index (χ0n) is 14.0. The lowest BCUT2D eigenvalue weighted by molar-refractivity contribution is -0.137. The molecule has 1 heterocycles. The molecule has 1 aliphatic heterocycles. The number of hydrogen-bond donors (Lipinski definition) is 2. The number of nitrogens with one attached hydrogen (secondary N) is 2. The van der Waals surface area contributed by atoms with Crippen LogP contribution < -0.4 is 10.6 Å². The lowest BCUT2D eigenvalue weighted by atomic mass is 9.96. The van der Waals surface area contributed by atoms with Crippen LogP contribution in [0.2, 0.25) is 0 Å². The van der Waals surface area contributed by atoms with E-state index in [1.807, 2.05) is 0 Å². The van der Waals surface area contributed by atoms with Gasteiger partial charge in [0.25, 0.3) is 5.91 Å². The third-order valence-electron chi connectivity index (χ3n) is 4.77. The van der Waals surface area contributed by atoms with Crippen LogP contribution in [-0.2, 0) is 22.3 Å². The maximum atomic E-state index is 12.5. The standard InChI is InChI=1S/C17H18F3N3O3/c1-16(11-6-7-11)14(25)23(15(26)22-16)9-13(24)21-8-10-2-4-12(5-3-10)17(18,19)20/h2-5,11H,6-9H2,1H3,(H,21,24)(H,22,26). The SMILES string of the molecule is CC1(C2CC2)NC(=O)N(CC(=O)NCc2ccc(C(F)(F)F)cc2)C1=O. The Hall–Kier alpha value is -2.58. The van der Waals surface area contributed by atoms with Gasteiger partial charge in [0.2, 0.25) is 5.91 Å². The zero-order chi connectivity index (χ0) is 19.1. The molecule has 2 aliphatic rings. The molecule has 1 aromatic carbocycles. The summed E-state index contributed by atoms with van der Waals surface area (Å²) in [6.07, 6.45) is -2.70. The first-order valence-electron chi connectivity index (χ1n) is 8.18. The van der Waals surface area contributed by atoms with Crippen LogP contribution in [0.3, 0.4) is 0 Å². The molecule has 0 aromatic heterocycles. The van der Waals surface area contributed by atoms with Crippen molar-refractivity contribution in [2.75, 3.05) is 6.54 Å². The third-order valence-corrected chi connectivity index (χ3v) is 4.77. The first-order chi connectivity index (χ1) is 12.1. The largest absolute Gasteiger partial charge is 0.416 e. The zero-order valence-corrected chi connectivity index (χ0v) is 14.0. The minimum atomic E-state index is -4.42. The molecule has 1 aliphatic carbocycles. The molecule has 1 aromatic rings. The maximum absolute atomic E-state index is 12.5. The van der Waals surface area contributed by atoms with Crippen molar-refractivity contribution in [2.24, 2.45) is 5.92 Å². The van der Waals surface area contributed by atoms with Gasteiger partial charge in [0.15, 0.2) is 0 Å². The summed E-state index contributed by atoms with van der Waals surface area (Å²) in [6, 6.07) is 3.79. The van der Waals surface area contributed by atoms with Crippen LogP contribution in [0.25, 0.3) is 0 Å². The Balaban J connectivity index is 1.54. The summed E-state index contributed by atoms with van der Waals surface area (Å²) in [6.45, 7) is 1.24. The molecule has 0 bridgehead atoms. The molecule has 26 heavy (non-hydrogen) atoms. The number of nitrogens with zero attached hydrogens (tertiary/aromatic N) is 1. The highest BCUT2D eigenvalue weighted by Crippen LogP contribution is 2.42. The number of alkyl halides is 3. The smallest absolute Gasteiger partial charge is 0.350 e. The van der Waals surface area contributed by atoms with E-state index in [1.54, 1.807) is 6.92 Å². The number of benzene rings is 1. The molecule has 0 radical (unpaired) electrons. The van der Waals surface area contributed by atoms with Gasteiger partial charge in [-0.3, -0.25) is 14.5 Å². The fourth-order valence-corrected chi connectivity index (χ4v) is 3.01. The first kappa shape index (κ1) is 18.2. The average molecular weight is 369 g/mol. The molecule has 1 saturated carbocycles. The van der Waals surface area contributed by atoms with Crippen molar-refractivity contribution >= 4 is 17.8 Å². The van der Waals surface area contributed by atoms with Crippen LogP contribution in [0.15, 0.2) is 24.3 Å². The molecule has 1 unspecified atom stereocenters. The maximum Gasteiger partial charge on any atom is 0.416 e. The molecule has 140 valence electrons. The van der Waals surface area contributed by atoms with E-state index in [-0.39, 0.29) is 12.5 Å². The van der Waals surface area contributed by atoms with E-state index in [1.165, 1.54) is 12.1 Å². The fourth-order valence-electron chi connectivity index (χ4n) is 3.01. The van der Waals surface area contributed by atoms with Crippen LogP contribution in [-0.4, -0.2) is 34.8 Å². The Kier molecular flexibility index (Phi) is 4.41. The predicted molar refractivity (Wildman–Crippen MR) is 84.7 cm³/mol. The van der Waals surface area contributed by atoms with Crippen molar-refractivity contribution in [2.45, 2.75) is 38.0 Å². The number of carbonyl (C=O) groups excluding carboxylic acids is 3. The minimum absolute atomic E-state index is 0.000509. The fraction of sp³-hybridized carbons (Fsp3) is 0.471. The van der Waals surface area contributed by atoms with Gasteiger partial charge in [-0.1, -0.05) is 12.1 Å². The van der Waals surface area contributed by atoms with E-state index in [0.29, 0.717) is 5.56 Å². The summed E-state index contributed by atoms with van der Waals surface area (Å²) in [5, 5.41) is 5.15. The van der Waals surface area contributed by atoms with Crippen molar-refractivity contribution in [3.8, 4) is 0 Å². The number of amides is 4. The van der Waals surface area contributed by atoms with Crippen LogP contribution in [0, 0.1) is 5.92 Å². The highest BCUT2D eigenvalue weighted by molar-refractivity contribution is 6.09. The quantitative estimate of drug-likeness (QED) is 0.780. The number of urea groups is 1. The summed E-state index contributed by atoms with van der Waals surface area (Å²) >= 11 is 0. The Bertz CT molecular complexity index is 744. The number of hydrogen-bond acceptors (Lipinski definition) is 3. The van der Waals surface area contributed by atoms with E-state index < -0.39 is 41.7 Å². The average Bonchev–Trinajstić information content (AvgIpc) is 3.39. The van der Waals surface area contributed by atoms with E-state index in [2.05, 4.69) is 10.6 Å². The Morgan fingerprint density at radius 1 is 1.27 bits per heavy atom. The molecule has 1 atom stereocenters. The van der Waals surface area contributed by atoms with Gasteiger partial charge < -0.3 is 10.6 Å². The topological polar surface area (TPSA) is 78.5 Å². The molecule has 4 amide bonds. The number of rotatable bonds is 5. The molecule has 2 fully saturated rings. The van der Waals surface area contributed by atoms with Crippen LogP contribution >= 0.6 is 0 Å². The summed E-state index contributed by atoms with van der Waals surface area (Å²) < 4.78 is 37.5. The Morgan fingerprint density at radius 2 is 1.88 bits per heavy atom. The molecule has 3 rings (SSSR count). The minimum Gasteiger partial charge on any atom is -0.350 e. The molecule has 1 saturated heterocycles. The number of carbonyl (C=O) groups is 3. The van der Waals surface area contributed by atoms with Crippen LogP contribution in [0.5, 0.6) is 0 Å². The lowest BCUT2D eigenvalue weighted by Gasteiger charge is -2.20. The summed E-state index contributed by atoms with van der Waals surface area (Å²) in [5.74, 6) is -0.887. The molecule has 0 spiro atoms. The van der Waals surface area contributed by atoms with Gasteiger partial charge in [-0.25, -0.2) is 4.79 Å². The highest BCUT2D eigenvalue weighted by Gasteiger charge is 2.56. The molecule has 6 nitrogen and oxygen atoms in total. The van der Waals surface area contributed by atoms with Gasteiger partial charge in [0, 0.05) is 6.54 Å². The van der Waals surface area contributed by atoms with Gasteiger partial charge >= 0.3 is 12.2 Å². The van der Waals surface area contributed by atoms with Crippen molar-refractivity contribution in [3.63, 3.8) is 0 Å². The first-order valence-corrected chi connectivity index (χ1v) is 8.18. The molecular formula is C17H18F3N3O3. The third kappa shape index (κ3) is 3.51. The van der Waals surface area contributed by atoms with E-state index in [9.17, 15) is 27.6 Å². The normalized spacial score (nSPS) is 23.2. The second kappa shape index (κ2) is 6.30. The summed E-state index contributed by atoms with van der Waals surface area (Å²) in [4.78, 5) is 37.3. The van der Waals surface area contributed by atoms with Crippen LogP contribution in [0.4, 0.5) is 18.0 Å². The summed E-state index contributed by atoms with van der Waals surface area (Å²) in [5.41, 5.74) is -1.25. The monoisotopic (exact) mass is 369 g/mol. The van der Waals surface area contributed by atoms with Gasteiger partial charge in [-0.05, 0) is 43.4 Å². The second-order valence-corrected chi connectivity index (χ2v) is 6.77. The highest BCUT2D eigenvalue weighted by atomic mass is 19.4. The second-order valence-electron chi connectivity index (χ2n) is 6.77. The number of halogens is 3. The Labute approximate surface area is 147 Å². The lowest BCUT2D eigenvalue weighted by Crippen LogP contribution is -2.46. The molecular weight excluding hydrogens is 351 g/mol. The van der Waals surface area contributed by atoms with Crippen molar-refractivity contribution in [1.29, 1.82) is 0 Å². The van der Waals surface area contributed by atoms with Crippen molar-refractivity contribution in [1.82, 2.24) is 15.5 Å². The van der Waals surface area contributed by atoms with Crippen molar-refractivity contribution in [3.05, 3.63) is 35.4 Å². The van der Waals surface area contributed by atoms with Gasteiger partial charge in [0.1, 0.15) is 12.1 Å². The van der Waals surface area contributed by atoms with E-state index in [4.69, 9.17) is 0 Å². The van der Waals surface area contributed by atoms with Crippen LogP contribution in [0.1, 0.15) is 30.9 Å².